The molecule has 0 aliphatic rings. The molecular formula is C19H20N4O5S. The second kappa shape index (κ2) is 8.31. The quantitative estimate of drug-likeness (QED) is 0.588. The Balaban J connectivity index is 1.88. The summed E-state index contributed by atoms with van der Waals surface area (Å²) >= 11 is 0. The second-order valence-corrected chi connectivity index (χ2v) is 7.94. The van der Waals surface area contributed by atoms with Crippen LogP contribution in [0, 0.1) is 0 Å². The van der Waals surface area contributed by atoms with E-state index in [1.165, 1.54) is 35.8 Å². The van der Waals surface area contributed by atoms with Crippen molar-refractivity contribution in [1.82, 2.24) is 14.8 Å². The molecule has 2 aromatic heterocycles. The van der Waals surface area contributed by atoms with Crippen LogP contribution in [0.1, 0.15) is 19.4 Å². The molecule has 0 saturated heterocycles. The van der Waals surface area contributed by atoms with Crippen LogP contribution in [0.25, 0.3) is 5.82 Å². The van der Waals surface area contributed by atoms with Crippen molar-refractivity contribution in [3.63, 3.8) is 0 Å². The maximum absolute atomic E-state index is 13.0. The highest BCUT2D eigenvalue weighted by molar-refractivity contribution is 7.92. The molecule has 0 unspecified atom stereocenters. The summed E-state index contributed by atoms with van der Waals surface area (Å²) in [5.41, 5.74) is 0.364. The van der Waals surface area contributed by atoms with Gasteiger partial charge in [-0.05, 0) is 31.2 Å². The molecule has 0 amide bonds. The summed E-state index contributed by atoms with van der Waals surface area (Å²) in [6.45, 7) is 3.09. The number of benzene rings is 1. The van der Waals surface area contributed by atoms with Crippen LogP contribution in [0.3, 0.4) is 0 Å². The number of pyridine rings is 1. The van der Waals surface area contributed by atoms with Crippen molar-refractivity contribution in [2.45, 2.75) is 25.3 Å². The highest BCUT2D eigenvalue weighted by Gasteiger charge is 2.24. The van der Waals surface area contributed by atoms with E-state index in [1.54, 1.807) is 31.2 Å². The van der Waals surface area contributed by atoms with Gasteiger partial charge in [-0.25, -0.2) is 18.1 Å². The number of hydrogen-bond acceptors (Lipinski definition) is 6. The van der Waals surface area contributed by atoms with E-state index in [0.29, 0.717) is 5.69 Å². The van der Waals surface area contributed by atoms with E-state index in [9.17, 15) is 18.0 Å². The summed E-state index contributed by atoms with van der Waals surface area (Å²) < 4.78 is 33.2. The molecule has 3 rings (SSSR count). The summed E-state index contributed by atoms with van der Waals surface area (Å²) in [7, 11) is -3.81. The first kappa shape index (κ1) is 20.3. The number of rotatable bonds is 7. The monoisotopic (exact) mass is 416 g/mol. The lowest BCUT2D eigenvalue weighted by Gasteiger charge is -2.22. The molecule has 9 nitrogen and oxygen atoms in total. The second-order valence-electron chi connectivity index (χ2n) is 6.08. The van der Waals surface area contributed by atoms with Gasteiger partial charge in [0.2, 0.25) is 0 Å². The number of esters is 1. The van der Waals surface area contributed by atoms with Crippen molar-refractivity contribution < 1.29 is 17.9 Å². The van der Waals surface area contributed by atoms with E-state index in [-0.39, 0.29) is 29.4 Å². The number of carbonyl (C=O) groups is 1. The third kappa shape index (κ3) is 4.21. The Labute approximate surface area is 167 Å². The molecule has 0 aliphatic heterocycles. The molecule has 3 aromatic rings. The number of nitrogens with zero attached hydrogens (tertiary/aromatic N) is 3. The number of H-pyrrole nitrogens is 1. The number of sulfonamides is 1. The van der Waals surface area contributed by atoms with Gasteiger partial charge in [-0.15, -0.1) is 0 Å². The normalized spacial score (nSPS) is 11.2. The number of aromatic amines is 1. The minimum absolute atomic E-state index is 0.00620. The third-order valence-corrected chi connectivity index (χ3v) is 6.03. The maximum Gasteiger partial charge on any atom is 0.302 e. The summed E-state index contributed by atoms with van der Waals surface area (Å²) in [6.07, 6.45) is 2.61. The molecule has 1 aromatic carbocycles. The van der Waals surface area contributed by atoms with E-state index >= 15 is 0 Å². The molecule has 0 saturated carbocycles. The summed E-state index contributed by atoms with van der Waals surface area (Å²) in [5, 5.41) is 2.72. The van der Waals surface area contributed by atoms with E-state index in [2.05, 4.69) is 10.1 Å². The van der Waals surface area contributed by atoms with E-state index < -0.39 is 21.6 Å². The lowest BCUT2D eigenvalue weighted by Crippen LogP contribution is -2.31. The lowest BCUT2D eigenvalue weighted by atomic mass is 10.3. The number of para-hydroxylation sites is 1. The van der Waals surface area contributed by atoms with Crippen LogP contribution < -0.4 is 9.86 Å². The highest BCUT2D eigenvalue weighted by Crippen LogP contribution is 2.23. The van der Waals surface area contributed by atoms with Gasteiger partial charge in [0, 0.05) is 25.9 Å². The Morgan fingerprint density at radius 2 is 1.93 bits per heavy atom. The SMILES string of the molecule is CCN(c1ccccc1)S(=O)(=O)c1ccc(-n2[nH]cc(COC(C)=O)c2=O)nc1. The van der Waals surface area contributed by atoms with Gasteiger partial charge in [0.25, 0.3) is 15.6 Å². The standard InChI is InChI=1S/C19H20N4O5S/c1-3-22(16-7-5-4-6-8-16)29(26,27)17-9-10-18(20-12-17)23-19(25)15(11-21-23)13-28-14(2)24/h4-12,21H,3,13H2,1-2H3. The number of anilines is 1. The largest absolute Gasteiger partial charge is 0.461 e. The first-order chi connectivity index (χ1) is 13.8. The van der Waals surface area contributed by atoms with Crippen molar-refractivity contribution >= 4 is 21.7 Å². The van der Waals surface area contributed by atoms with Gasteiger partial charge < -0.3 is 4.74 Å². The minimum atomic E-state index is -3.81. The van der Waals surface area contributed by atoms with Crippen molar-refractivity contribution in [3.8, 4) is 5.82 Å². The van der Waals surface area contributed by atoms with Gasteiger partial charge in [-0.2, -0.15) is 0 Å². The third-order valence-electron chi connectivity index (χ3n) is 4.15. The van der Waals surface area contributed by atoms with Crippen LogP contribution in [-0.4, -0.2) is 35.7 Å². The fraction of sp³-hybridized carbons (Fsp3) is 0.211. The Kier molecular flexibility index (Phi) is 5.83. The van der Waals surface area contributed by atoms with Gasteiger partial charge in [0.15, 0.2) is 5.82 Å². The van der Waals surface area contributed by atoms with Crippen LogP contribution in [0.15, 0.2) is 64.5 Å². The van der Waals surface area contributed by atoms with Crippen LogP contribution in [0.2, 0.25) is 0 Å². The predicted octanol–water partition coefficient (Wildman–Crippen LogP) is 1.84. The summed E-state index contributed by atoms with van der Waals surface area (Å²) in [5.74, 6) is -0.283. The van der Waals surface area contributed by atoms with Gasteiger partial charge in [-0.1, -0.05) is 18.2 Å². The Morgan fingerprint density at radius 1 is 1.21 bits per heavy atom. The van der Waals surface area contributed by atoms with Gasteiger partial charge >= 0.3 is 5.97 Å². The van der Waals surface area contributed by atoms with Crippen molar-refractivity contribution in [1.29, 1.82) is 0 Å². The maximum atomic E-state index is 13.0. The van der Waals surface area contributed by atoms with Crippen LogP contribution >= 0.6 is 0 Å². The lowest BCUT2D eigenvalue weighted by molar-refractivity contribution is -0.142. The molecule has 0 radical (unpaired) electrons. The number of nitrogens with one attached hydrogen (secondary N) is 1. The zero-order valence-corrected chi connectivity index (χ0v) is 16.7. The molecule has 0 spiro atoms. The fourth-order valence-electron chi connectivity index (χ4n) is 2.73. The summed E-state index contributed by atoms with van der Waals surface area (Å²) in [4.78, 5) is 27.4. The van der Waals surface area contributed by atoms with Crippen molar-refractivity contribution in [2.75, 3.05) is 10.8 Å². The number of hydrogen-bond donors (Lipinski definition) is 1. The highest BCUT2D eigenvalue weighted by atomic mass is 32.2. The molecule has 0 bridgehead atoms. The number of carbonyl (C=O) groups excluding carboxylic acids is 1. The average molecular weight is 416 g/mol. The summed E-state index contributed by atoms with van der Waals surface area (Å²) in [6, 6.07) is 11.6. The van der Waals surface area contributed by atoms with Crippen molar-refractivity contribution in [3.05, 3.63) is 70.8 Å². The number of ether oxygens (including phenoxy) is 1. The van der Waals surface area contributed by atoms with E-state index in [4.69, 9.17) is 4.74 Å². The van der Waals surface area contributed by atoms with E-state index in [1.807, 2.05) is 6.07 Å². The molecule has 152 valence electrons. The Hall–Kier alpha value is -3.40. The molecule has 10 heteroatoms. The van der Waals surface area contributed by atoms with Crippen molar-refractivity contribution in [2.24, 2.45) is 0 Å². The average Bonchev–Trinajstić information content (AvgIpc) is 3.08. The molecule has 29 heavy (non-hydrogen) atoms. The minimum Gasteiger partial charge on any atom is -0.461 e. The molecule has 0 fully saturated rings. The smallest absolute Gasteiger partial charge is 0.302 e. The van der Waals surface area contributed by atoms with Crippen LogP contribution in [-0.2, 0) is 26.2 Å². The zero-order valence-electron chi connectivity index (χ0n) is 15.9. The number of aromatic nitrogens is 3. The molecule has 0 atom stereocenters. The molecule has 1 N–H and O–H groups in total. The van der Waals surface area contributed by atoms with Gasteiger partial charge in [0.1, 0.15) is 11.5 Å². The fourth-order valence-corrected chi connectivity index (χ4v) is 4.15. The zero-order chi connectivity index (χ0) is 21.0. The van der Waals surface area contributed by atoms with Crippen LogP contribution in [0.5, 0.6) is 0 Å². The van der Waals surface area contributed by atoms with Crippen LogP contribution in [0.4, 0.5) is 5.69 Å². The first-order valence-electron chi connectivity index (χ1n) is 8.81. The van der Waals surface area contributed by atoms with E-state index in [0.717, 1.165) is 4.68 Å². The molecule has 0 aliphatic carbocycles. The molecule has 2 heterocycles. The predicted molar refractivity (Wildman–Crippen MR) is 106 cm³/mol. The first-order valence-corrected chi connectivity index (χ1v) is 10.3. The topological polar surface area (TPSA) is 114 Å². The Bertz CT molecular complexity index is 1150. The Morgan fingerprint density at radius 3 is 2.52 bits per heavy atom. The van der Waals surface area contributed by atoms with Gasteiger partial charge in [-0.3, -0.25) is 19.0 Å². The van der Waals surface area contributed by atoms with Gasteiger partial charge in [0.05, 0.1) is 11.3 Å². The molecular weight excluding hydrogens is 396 g/mol.